The number of halogens is 3. The Bertz CT molecular complexity index is 674. The van der Waals surface area contributed by atoms with Crippen LogP contribution in [0.2, 0.25) is 0 Å². The fraction of sp³-hybridized carbons (Fsp3) is 0.824. The van der Waals surface area contributed by atoms with E-state index in [2.05, 4.69) is 9.08 Å². The Morgan fingerprint density at radius 1 is 1.15 bits per heavy atom. The minimum atomic E-state index is -5.61. The molecule has 1 aliphatic heterocycles. The van der Waals surface area contributed by atoms with Crippen LogP contribution in [0.5, 0.6) is 0 Å². The van der Waals surface area contributed by atoms with Crippen molar-refractivity contribution in [2.45, 2.75) is 70.0 Å². The summed E-state index contributed by atoms with van der Waals surface area (Å²) in [6.45, 7) is 6.23. The Hall–Kier alpha value is -1.29. The Labute approximate surface area is 157 Å². The zero-order chi connectivity index (χ0) is 20.5. The molecule has 27 heavy (non-hydrogen) atoms. The zero-order valence-corrected chi connectivity index (χ0v) is 16.5. The molecule has 0 aromatic carbocycles. The van der Waals surface area contributed by atoms with Gasteiger partial charge >= 0.3 is 21.6 Å². The van der Waals surface area contributed by atoms with Gasteiger partial charge < -0.3 is 8.92 Å². The number of nitrogens with zero attached hydrogens (tertiary/aromatic N) is 1. The van der Waals surface area contributed by atoms with E-state index in [-0.39, 0.29) is 30.1 Å². The van der Waals surface area contributed by atoms with Gasteiger partial charge in [-0.05, 0) is 52.5 Å². The maximum absolute atomic E-state index is 12.4. The van der Waals surface area contributed by atoms with E-state index < -0.39 is 21.2 Å². The summed E-state index contributed by atoms with van der Waals surface area (Å²) in [5, 5.41) is 0. The van der Waals surface area contributed by atoms with Crippen molar-refractivity contribution in [1.82, 2.24) is 4.90 Å². The molecule has 1 heterocycles. The summed E-state index contributed by atoms with van der Waals surface area (Å²) >= 11 is 0. The Morgan fingerprint density at radius 3 is 2.19 bits per heavy atom. The van der Waals surface area contributed by atoms with Gasteiger partial charge in [-0.25, -0.2) is 0 Å². The number of carbonyl (C=O) groups excluding carboxylic acids is 1. The van der Waals surface area contributed by atoms with Gasteiger partial charge in [0.25, 0.3) is 0 Å². The lowest BCUT2D eigenvalue weighted by Crippen LogP contribution is -2.42. The summed E-state index contributed by atoms with van der Waals surface area (Å²) in [5.41, 5.74) is -5.94. The van der Waals surface area contributed by atoms with Crippen LogP contribution in [-0.4, -0.2) is 49.5 Å². The molecule has 2 aliphatic rings. The van der Waals surface area contributed by atoms with Gasteiger partial charge in [0.05, 0.1) is 5.92 Å². The van der Waals surface area contributed by atoms with Gasteiger partial charge in [0.2, 0.25) is 0 Å². The quantitative estimate of drug-likeness (QED) is 0.400. The second-order valence-electron chi connectivity index (χ2n) is 7.94. The molecular weight excluding hydrogens is 387 g/mol. The van der Waals surface area contributed by atoms with Crippen molar-refractivity contribution in [3.8, 4) is 0 Å². The van der Waals surface area contributed by atoms with E-state index in [1.54, 1.807) is 0 Å². The molecule has 0 atom stereocenters. The third kappa shape index (κ3) is 6.10. The SMILES string of the molecule is CC(C)(C)OC(=O)C1CCC(N2CC=C(OS(=O)(=O)C(F)(F)F)CC2)CC1. The van der Waals surface area contributed by atoms with Crippen molar-refractivity contribution in [1.29, 1.82) is 0 Å². The summed E-state index contributed by atoms with van der Waals surface area (Å²) in [6.07, 6.45) is 4.45. The molecule has 0 radical (unpaired) electrons. The van der Waals surface area contributed by atoms with Gasteiger partial charge in [0.15, 0.2) is 0 Å². The first-order valence-electron chi connectivity index (χ1n) is 8.95. The Balaban J connectivity index is 1.84. The number of alkyl halides is 3. The molecule has 0 saturated heterocycles. The van der Waals surface area contributed by atoms with Crippen molar-refractivity contribution in [2.24, 2.45) is 5.92 Å². The molecule has 6 nitrogen and oxygen atoms in total. The van der Waals surface area contributed by atoms with Crippen LogP contribution in [0.1, 0.15) is 52.9 Å². The number of carbonyl (C=O) groups is 1. The molecule has 0 N–H and O–H groups in total. The van der Waals surface area contributed by atoms with Crippen LogP contribution in [0.15, 0.2) is 11.8 Å². The molecule has 0 aromatic heterocycles. The summed E-state index contributed by atoms with van der Waals surface area (Å²) in [7, 11) is -5.61. The molecule has 10 heteroatoms. The second kappa shape index (κ2) is 7.98. The number of hydrogen-bond acceptors (Lipinski definition) is 6. The van der Waals surface area contributed by atoms with Crippen LogP contribution < -0.4 is 0 Å². The number of esters is 1. The smallest absolute Gasteiger partial charge is 0.460 e. The lowest BCUT2D eigenvalue weighted by Gasteiger charge is -2.38. The van der Waals surface area contributed by atoms with E-state index in [1.165, 1.54) is 6.08 Å². The molecule has 1 fully saturated rings. The molecule has 0 aromatic rings. The lowest BCUT2D eigenvalue weighted by molar-refractivity contribution is -0.161. The highest BCUT2D eigenvalue weighted by molar-refractivity contribution is 7.87. The first-order chi connectivity index (χ1) is 12.3. The van der Waals surface area contributed by atoms with Gasteiger partial charge in [0, 0.05) is 25.6 Å². The van der Waals surface area contributed by atoms with Crippen LogP contribution in [0.25, 0.3) is 0 Å². The molecule has 0 amide bonds. The van der Waals surface area contributed by atoms with Crippen molar-refractivity contribution in [3.63, 3.8) is 0 Å². The third-order valence-electron chi connectivity index (χ3n) is 4.65. The van der Waals surface area contributed by atoms with Gasteiger partial charge in [-0.15, -0.1) is 0 Å². The Morgan fingerprint density at radius 2 is 1.74 bits per heavy atom. The van der Waals surface area contributed by atoms with Gasteiger partial charge in [0.1, 0.15) is 11.4 Å². The molecule has 1 aliphatic carbocycles. The van der Waals surface area contributed by atoms with Crippen LogP contribution in [-0.2, 0) is 23.8 Å². The van der Waals surface area contributed by atoms with Crippen LogP contribution >= 0.6 is 0 Å². The summed E-state index contributed by atoms with van der Waals surface area (Å²) < 4.78 is 68.8. The fourth-order valence-electron chi connectivity index (χ4n) is 3.32. The molecule has 0 unspecified atom stereocenters. The number of rotatable bonds is 4. The largest absolute Gasteiger partial charge is 0.534 e. The maximum atomic E-state index is 12.4. The van der Waals surface area contributed by atoms with Crippen molar-refractivity contribution < 1.29 is 35.3 Å². The fourth-order valence-corrected chi connectivity index (χ4v) is 3.85. The van der Waals surface area contributed by atoms with Gasteiger partial charge in [-0.2, -0.15) is 21.6 Å². The third-order valence-corrected chi connectivity index (χ3v) is 5.65. The highest BCUT2D eigenvalue weighted by Crippen LogP contribution is 2.32. The van der Waals surface area contributed by atoms with Gasteiger partial charge in [-0.1, -0.05) is 0 Å². The van der Waals surface area contributed by atoms with Crippen LogP contribution in [0, 0.1) is 5.92 Å². The summed E-state index contributed by atoms with van der Waals surface area (Å²) in [4.78, 5) is 14.2. The molecular formula is C17H26F3NO5S. The first-order valence-corrected chi connectivity index (χ1v) is 10.4. The zero-order valence-electron chi connectivity index (χ0n) is 15.7. The topological polar surface area (TPSA) is 72.9 Å². The average Bonchev–Trinajstić information content (AvgIpc) is 2.53. The second-order valence-corrected chi connectivity index (χ2v) is 9.48. The molecule has 156 valence electrons. The van der Waals surface area contributed by atoms with Crippen LogP contribution in [0.4, 0.5) is 13.2 Å². The van der Waals surface area contributed by atoms with E-state index in [1.807, 2.05) is 20.8 Å². The average molecular weight is 413 g/mol. The minimum absolute atomic E-state index is 0.0985. The van der Waals surface area contributed by atoms with Crippen molar-refractivity contribution in [2.75, 3.05) is 13.1 Å². The molecule has 1 saturated carbocycles. The van der Waals surface area contributed by atoms with E-state index in [0.717, 1.165) is 12.8 Å². The summed E-state index contributed by atoms with van der Waals surface area (Å²) in [5.74, 6) is -0.491. The predicted molar refractivity (Wildman–Crippen MR) is 91.9 cm³/mol. The number of ether oxygens (including phenoxy) is 1. The monoisotopic (exact) mass is 413 g/mol. The van der Waals surface area contributed by atoms with Crippen LogP contribution in [0.3, 0.4) is 0 Å². The summed E-state index contributed by atoms with van der Waals surface area (Å²) in [6, 6.07) is 0.209. The van der Waals surface area contributed by atoms with E-state index in [4.69, 9.17) is 4.74 Å². The minimum Gasteiger partial charge on any atom is -0.460 e. The standard InChI is InChI=1S/C17H26F3NO5S/c1-16(2,3)25-15(22)12-4-6-13(7-5-12)21-10-8-14(9-11-21)26-27(23,24)17(18,19)20/h8,12-13H,4-7,9-11H2,1-3H3. The molecule has 0 spiro atoms. The maximum Gasteiger partial charge on any atom is 0.534 e. The molecule has 0 bridgehead atoms. The van der Waals surface area contributed by atoms with E-state index in [9.17, 15) is 26.4 Å². The lowest BCUT2D eigenvalue weighted by atomic mass is 9.85. The normalized spacial score (nSPS) is 25.6. The van der Waals surface area contributed by atoms with E-state index in [0.29, 0.717) is 25.9 Å². The predicted octanol–water partition coefficient (Wildman–Crippen LogP) is 3.34. The van der Waals surface area contributed by atoms with Crippen molar-refractivity contribution in [3.05, 3.63) is 11.8 Å². The highest BCUT2D eigenvalue weighted by Gasteiger charge is 2.49. The first kappa shape index (κ1) is 22.0. The van der Waals surface area contributed by atoms with E-state index >= 15 is 0 Å². The van der Waals surface area contributed by atoms with Crippen molar-refractivity contribution >= 4 is 16.1 Å². The Kier molecular flexibility index (Phi) is 6.51. The van der Waals surface area contributed by atoms with Gasteiger partial charge in [-0.3, -0.25) is 9.69 Å². The highest BCUT2D eigenvalue weighted by atomic mass is 32.2. The molecule has 2 rings (SSSR count). The number of hydrogen-bond donors (Lipinski definition) is 0.